The summed E-state index contributed by atoms with van der Waals surface area (Å²) in [4.78, 5) is 29.3. The lowest BCUT2D eigenvalue weighted by molar-refractivity contribution is -0.125. The van der Waals surface area contributed by atoms with Crippen LogP contribution in [0.5, 0.6) is 11.5 Å². The molecule has 2 fully saturated rings. The van der Waals surface area contributed by atoms with Gasteiger partial charge in [-0.05, 0) is 61.1 Å². The Morgan fingerprint density at radius 3 is 2.43 bits per heavy atom. The lowest BCUT2D eigenvalue weighted by Crippen LogP contribution is -2.35. The quantitative estimate of drug-likeness (QED) is 0.347. The number of nitrogens with zero attached hydrogens (tertiary/aromatic N) is 3. The number of halogens is 1. The zero-order valence-corrected chi connectivity index (χ0v) is 22.9. The smallest absolute Gasteiger partial charge is 0.327 e. The highest BCUT2D eigenvalue weighted by atomic mass is 35.5. The molecule has 1 heterocycles. The van der Waals surface area contributed by atoms with Gasteiger partial charge >= 0.3 is 6.03 Å². The Balaban J connectivity index is 1.44. The summed E-state index contributed by atoms with van der Waals surface area (Å²) in [6, 6.07) is 14.1. The average Bonchev–Trinajstić information content (AvgIpc) is 3.15. The number of benzene rings is 2. The van der Waals surface area contributed by atoms with Crippen LogP contribution in [0.15, 0.2) is 42.5 Å². The third-order valence-corrected chi connectivity index (χ3v) is 7.79. The second kappa shape index (κ2) is 12.7. The molecule has 1 aliphatic heterocycles. The van der Waals surface area contributed by atoms with Crippen LogP contribution < -0.4 is 9.47 Å². The standard InChI is InChI=1S/C29H38ClN3O4/c1-21(24-10-12-25(30)13-11-24)32(18-22-7-5-4-6-8-22)19-23-9-14-26(27(17-23)36-3)37-16-15-33-28(34)20-31(2)29(33)35/h9-14,17,21-22H,4-8,15-16,18-20H2,1-3H3/t21-/m0/s1. The summed E-state index contributed by atoms with van der Waals surface area (Å²) < 4.78 is 11.6. The molecule has 0 spiro atoms. The maximum Gasteiger partial charge on any atom is 0.327 e. The van der Waals surface area contributed by atoms with Crippen LogP contribution in [-0.4, -0.2) is 67.0 Å². The third kappa shape index (κ3) is 6.96. The molecular weight excluding hydrogens is 490 g/mol. The normalized spacial score (nSPS) is 17.5. The van der Waals surface area contributed by atoms with Crippen molar-refractivity contribution in [2.45, 2.75) is 51.6 Å². The van der Waals surface area contributed by atoms with Gasteiger partial charge in [-0.1, -0.05) is 49.1 Å². The minimum atomic E-state index is -0.288. The first-order valence-corrected chi connectivity index (χ1v) is 13.6. The maximum atomic E-state index is 12.1. The Kier molecular flexibility index (Phi) is 9.33. The molecule has 1 saturated carbocycles. The van der Waals surface area contributed by atoms with Crippen molar-refractivity contribution in [3.8, 4) is 11.5 Å². The SMILES string of the molecule is COc1cc(CN(CC2CCCCC2)[C@@H](C)c2ccc(Cl)cc2)ccc1OCCN1C(=O)CN(C)C1=O. The molecule has 2 aromatic carbocycles. The molecule has 2 aliphatic rings. The van der Waals surface area contributed by atoms with E-state index < -0.39 is 0 Å². The summed E-state index contributed by atoms with van der Waals surface area (Å²) in [7, 11) is 3.25. The fraction of sp³-hybridized carbons (Fsp3) is 0.517. The van der Waals surface area contributed by atoms with Gasteiger partial charge in [-0.15, -0.1) is 0 Å². The molecular formula is C29H38ClN3O4. The number of methoxy groups -OCH3 is 1. The zero-order chi connectivity index (χ0) is 26.4. The molecule has 2 aromatic rings. The number of urea groups is 1. The van der Waals surface area contributed by atoms with Crippen LogP contribution in [0.3, 0.4) is 0 Å². The fourth-order valence-electron chi connectivity index (χ4n) is 5.31. The lowest BCUT2D eigenvalue weighted by atomic mass is 9.88. The van der Waals surface area contributed by atoms with Gasteiger partial charge in [0.2, 0.25) is 5.91 Å². The van der Waals surface area contributed by atoms with Crippen LogP contribution in [0.2, 0.25) is 5.02 Å². The Bertz CT molecular complexity index is 1070. The molecule has 4 rings (SSSR count). The molecule has 3 amide bonds. The number of carbonyl (C=O) groups is 2. The van der Waals surface area contributed by atoms with Crippen LogP contribution >= 0.6 is 11.6 Å². The maximum absolute atomic E-state index is 12.1. The van der Waals surface area contributed by atoms with Gasteiger partial charge in [0.25, 0.3) is 0 Å². The molecule has 0 radical (unpaired) electrons. The number of likely N-dealkylation sites (N-methyl/N-ethyl adjacent to an activating group) is 1. The predicted octanol–water partition coefficient (Wildman–Crippen LogP) is 5.76. The van der Waals surface area contributed by atoms with Gasteiger partial charge in [0, 0.05) is 31.2 Å². The molecule has 0 unspecified atom stereocenters. The summed E-state index contributed by atoms with van der Waals surface area (Å²) in [6.45, 7) is 4.64. The van der Waals surface area contributed by atoms with Crippen LogP contribution in [0, 0.1) is 5.92 Å². The Hall–Kier alpha value is -2.77. The van der Waals surface area contributed by atoms with E-state index in [9.17, 15) is 9.59 Å². The Morgan fingerprint density at radius 1 is 1.05 bits per heavy atom. The predicted molar refractivity (Wildman–Crippen MR) is 145 cm³/mol. The Labute approximate surface area is 225 Å². The second-order valence-corrected chi connectivity index (χ2v) is 10.6. The minimum Gasteiger partial charge on any atom is -0.493 e. The van der Waals surface area contributed by atoms with E-state index in [1.165, 1.54) is 47.5 Å². The topological polar surface area (TPSA) is 62.3 Å². The van der Waals surface area contributed by atoms with Crippen molar-refractivity contribution in [3.63, 3.8) is 0 Å². The molecule has 0 aromatic heterocycles. The molecule has 0 bridgehead atoms. The van der Waals surface area contributed by atoms with E-state index in [4.69, 9.17) is 21.1 Å². The highest BCUT2D eigenvalue weighted by Gasteiger charge is 2.33. The van der Waals surface area contributed by atoms with Gasteiger partial charge in [-0.3, -0.25) is 14.6 Å². The van der Waals surface area contributed by atoms with E-state index in [2.05, 4.69) is 30.0 Å². The van der Waals surface area contributed by atoms with E-state index >= 15 is 0 Å². The highest BCUT2D eigenvalue weighted by Crippen LogP contribution is 2.33. The van der Waals surface area contributed by atoms with Crippen molar-refractivity contribution in [2.24, 2.45) is 5.92 Å². The van der Waals surface area contributed by atoms with Crippen LogP contribution in [0.4, 0.5) is 4.79 Å². The molecule has 1 aliphatic carbocycles. The highest BCUT2D eigenvalue weighted by molar-refractivity contribution is 6.30. The van der Waals surface area contributed by atoms with Crippen LogP contribution in [-0.2, 0) is 11.3 Å². The Morgan fingerprint density at radius 2 is 1.78 bits per heavy atom. The molecule has 1 saturated heterocycles. The van der Waals surface area contributed by atoms with E-state index in [0.717, 1.165) is 23.7 Å². The molecule has 200 valence electrons. The van der Waals surface area contributed by atoms with Crippen molar-refractivity contribution < 1.29 is 19.1 Å². The van der Waals surface area contributed by atoms with Gasteiger partial charge in [-0.25, -0.2) is 4.79 Å². The number of carbonyl (C=O) groups excluding carboxylic acids is 2. The monoisotopic (exact) mass is 527 g/mol. The van der Waals surface area contributed by atoms with Crippen molar-refractivity contribution in [1.29, 1.82) is 0 Å². The van der Waals surface area contributed by atoms with Crippen molar-refractivity contribution in [3.05, 3.63) is 58.6 Å². The number of rotatable bonds is 11. The number of ether oxygens (including phenoxy) is 2. The number of imide groups is 1. The van der Waals surface area contributed by atoms with Gasteiger partial charge in [0.05, 0.1) is 13.7 Å². The first-order valence-electron chi connectivity index (χ1n) is 13.2. The first-order chi connectivity index (χ1) is 17.9. The third-order valence-electron chi connectivity index (χ3n) is 7.53. The van der Waals surface area contributed by atoms with Gasteiger partial charge in [0.1, 0.15) is 13.2 Å². The van der Waals surface area contributed by atoms with Crippen molar-refractivity contribution in [1.82, 2.24) is 14.7 Å². The van der Waals surface area contributed by atoms with Crippen molar-refractivity contribution in [2.75, 3.05) is 40.4 Å². The minimum absolute atomic E-state index is 0.114. The summed E-state index contributed by atoms with van der Waals surface area (Å²) in [5.74, 6) is 1.75. The average molecular weight is 528 g/mol. The molecule has 37 heavy (non-hydrogen) atoms. The molecule has 8 heteroatoms. The fourth-order valence-corrected chi connectivity index (χ4v) is 5.44. The van der Waals surface area contributed by atoms with Crippen LogP contribution in [0.25, 0.3) is 0 Å². The summed E-state index contributed by atoms with van der Waals surface area (Å²) in [5, 5.41) is 0.751. The van der Waals surface area contributed by atoms with E-state index in [-0.39, 0.29) is 37.7 Å². The molecule has 7 nitrogen and oxygen atoms in total. The molecule has 1 atom stereocenters. The van der Waals surface area contributed by atoms with E-state index in [1.54, 1.807) is 14.2 Å². The van der Waals surface area contributed by atoms with Crippen molar-refractivity contribution >= 4 is 23.5 Å². The van der Waals surface area contributed by atoms with Gasteiger partial charge < -0.3 is 14.4 Å². The number of amides is 3. The molecule has 0 N–H and O–H groups in total. The largest absolute Gasteiger partial charge is 0.493 e. The summed E-state index contributed by atoms with van der Waals surface area (Å²) in [5.41, 5.74) is 2.40. The van der Waals surface area contributed by atoms with E-state index in [0.29, 0.717) is 17.4 Å². The second-order valence-electron chi connectivity index (χ2n) is 10.2. The number of hydrogen-bond donors (Lipinski definition) is 0. The van der Waals surface area contributed by atoms with Gasteiger partial charge in [-0.2, -0.15) is 0 Å². The summed E-state index contributed by atoms with van der Waals surface area (Å²) in [6.07, 6.45) is 6.56. The van der Waals surface area contributed by atoms with Crippen LogP contribution in [0.1, 0.15) is 56.2 Å². The van der Waals surface area contributed by atoms with E-state index in [1.807, 2.05) is 24.3 Å². The lowest BCUT2D eigenvalue weighted by Gasteiger charge is -2.34. The zero-order valence-electron chi connectivity index (χ0n) is 22.1. The van der Waals surface area contributed by atoms with Gasteiger partial charge in [0.15, 0.2) is 11.5 Å². The number of hydrogen-bond acceptors (Lipinski definition) is 5. The first kappa shape index (κ1) is 27.3. The summed E-state index contributed by atoms with van der Waals surface area (Å²) >= 11 is 6.15.